The fourth-order valence-corrected chi connectivity index (χ4v) is 2.46. The van der Waals surface area contributed by atoms with Crippen molar-refractivity contribution in [2.75, 3.05) is 5.32 Å². The van der Waals surface area contributed by atoms with Crippen LogP contribution in [0.5, 0.6) is 0 Å². The van der Waals surface area contributed by atoms with E-state index in [1.165, 1.54) is 32.1 Å². The highest BCUT2D eigenvalue weighted by Crippen LogP contribution is 2.25. The summed E-state index contributed by atoms with van der Waals surface area (Å²) in [5.41, 5.74) is 0. The second-order valence-electron chi connectivity index (χ2n) is 4.59. The number of hydrogen-bond donors (Lipinski definition) is 1. The van der Waals surface area contributed by atoms with Gasteiger partial charge in [0.2, 0.25) is 5.95 Å². The average Bonchev–Trinajstić information content (AvgIpc) is 2.48. The zero-order chi connectivity index (χ0) is 11.4. The van der Waals surface area contributed by atoms with Gasteiger partial charge in [-0.05, 0) is 34.7 Å². The van der Waals surface area contributed by atoms with Crippen molar-refractivity contribution in [3.63, 3.8) is 0 Å². The number of rotatable bonds is 2. The van der Waals surface area contributed by atoms with Crippen LogP contribution in [-0.2, 0) is 0 Å². The fraction of sp³-hybridized carbons (Fsp3) is 0.667. The van der Waals surface area contributed by atoms with Crippen LogP contribution < -0.4 is 5.32 Å². The molecule has 0 bridgehead atoms. The maximum Gasteiger partial charge on any atom is 0.222 e. The molecule has 1 aromatic heterocycles. The van der Waals surface area contributed by atoms with Gasteiger partial charge in [-0.3, -0.25) is 0 Å². The summed E-state index contributed by atoms with van der Waals surface area (Å²) in [4.78, 5) is 8.54. The monoisotopic (exact) mass is 283 g/mol. The molecule has 1 N–H and O–H groups in total. The Labute approximate surface area is 105 Å². The molecule has 0 aliphatic heterocycles. The highest BCUT2D eigenvalue weighted by Gasteiger charge is 2.20. The van der Waals surface area contributed by atoms with Crippen molar-refractivity contribution in [1.82, 2.24) is 9.97 Å². The van der Waals surface area contributed by atoms with Gasteiger partial charge >= 0.3 is 0 Å². The van der Waals surface area contributed by atoms with E-state index in [2.05, 4.69) is 38.1 Å². The minimum atomic E-state index is 0.531. The second-order valence-corrected chi connectivity index (χ2v) is 5.51. The summed E-state index contributed by atoms with van der Waals surface area (Å²) in [6, 6.07) is 0.531. The van der Waals surface area contributed by atoms with Crippen molar-refractivity contribution in [3.05, 3.63) is 16.9 Å². The number of halogens is 1. The first-order valence-electron chi connectivity index (χ1n) is 6.00. The van der Waals surface area contributed by atoms with Crippen LogP contribution in [0.4, 0.5) is 5.95 Å². The molecule has 0 amide bonds. The summed E-state index contributed by atoms with van der Waals surface area (Å²) in [6.45, 7) is 2.32. The molecule has 1 aliphatic carbocycles. The predicted octanol–water partition coefficient (Wildman–Crippen LogP) is 3.62. The number of hydrogen-bond acceptors (Lipinski definition) is 3. The Kier molecular flexibility index (Phi) is 4.16. The molecule has 0 radical (unpaired) electrons. The fourth-order valence-electron chi connectivity index (χ4n) is 2.26. The SMILES string of the molecule is CC1CCCCCC1Nc1ncc(Br)cn1. The molecule has 1 aliphatic rings. The van der Waals surface area contributed by atoms with Crippen molar-refractivity contribution in [3.8, 4) is 0 Å². The number of aromatic nitrogens is 2. The molecule has 0 saturated heterocycles. The predicted molar refractivity (Wildman–Crippen MR) is 69.4 cm³/mol. The van der Waals surface area contributed by atoms with Gasteiger partial charge in [-0.25, -0.2) is 9.97 Å². The molecule has 88 valence electrons. The standard InChI is InChI=1S/C12H18BrN3/c1-9-5-3-2-4-6-11(9)16-12-14-7-10(13)8-15-12/h7-9,11H,2-6H2,1H3,(H,14,15,16). The molecule has 4 heteroatoms. The van der Waals surface area contributed by atoms with Crippen molar-refractivity contribution < 1.29 is 0 Å². The topological polar surface area (TPSA) is 37.8 Å². The van der Waals surface area contributed by atoms with Crippen LogP contribution >= 0.6 is 15.9 Å². The molecular weight excluding hydrogens is 266 g/mol. The van der Waals surface area contributed by atoms with Crippen LogP contribution in [0.15, 0.2) is 16.9 Å². The van der Waals surface area contributed by atoms with E-state index in [1.54, 1.807) is 12.4 Å². The molecule has 2 atom stereocenters. The summed E-state index contributed by atoms with van der Waals surface area (Å²) in [5.74, 6) is 1.47. The van der Waals surface area contributed by atoms with E-state index in [1.807, 2.05) is 0 Å². The van der Waals surface area contributed by atoms with Crippen LogP contribution in [0, 0.1) is 5.92 Å². The Morgan fingerprint density at radius 1 is 1.19 bits per heavy atom. The number of anilines is 1. The summed E-state index contributed by atoms with van der Waals surface area (Å²) >= 11 is 3.34. The Hall–Kier alpha value is -0.640. The first kappa shape index (κ1) is 11.8. The van der Waals surface area contributed by atoms with Crippen LogP contribution in [0.25, 0.3) is 0 Å². The van der Waals surface area contributed by atoms with E-state index in [4.69, 9.17) is 0 Å². The lowest BCUT2D eigenvalue weighted by molar-refractivity contribution is 0.454. The molecule has 0 aromatic carbocycles. The van der Waals surface area contributed by atoms with E-state index >= 15 is 0 Å². The van der Waals surface area contributed by atoms with Gasteiger partial charge < -0.3 is 5.32 Å². The van der Waals surface area contributed by atoms with Crippen LogP contribution in [0.3, 0.4) is 0 Å². The Balaban J connectivity index is 1.99. The van der Waals surface area contributed by atoms with Crippen molar-refractivity contribution >= 4 is 21.9 Å². The Morgan fingerprint density at radius 3 is 2.62 bits per heavy atom. The minimum Gasteiger partial charge on any atom is -0.351 e. The largest absolute Gasteiger partial charge is 0.351 e. The van der Waals surface area contributed by atoms with E-state index < -0.39 is 0 Å². The lowest BCUT2D eigenvalue weighted by atomic mass is 9.97. The lowest BCUT2D eigenvalue weighted by Crippen LogP contribution is -2.27. The minimum absolute atomic E-state index is 0.531. The molecule has 0 spiro atoms. The van der Waals surface area contributed by atoms with Crippen LogP contribution in [0.2, 0.25) is 0 Å². The van der Waals surface area contributed by atoms with Gasteiger partial charge in [0, 0.05) is 18.4 Å². The maximum absolute atomic E-state index is 4.27. The second kappa shape index (κ2) is 5.62. The summed E-state index contributed by atoms with van der Waals surface area (Å²) < 4.78 is 0.923. The average molecular weight is 284 g/mol. The summed E-state index contributed by atoms with van der Waals surface area (Å²) in [7, 11) is 0. The van der Waals surface area contributed by atoms with Crippen LogP contribution in [-0.4, -0.2) is 16.0 Å². The summed E-state index contributed by atoms with van der Waals surface area (Å²) in [6.07, 6.45) is 10.2. The molecular formula is C12H18BrN3. The zero-order valence-corrected chi connectivity index (χ0v) is 11.2. The molecule has 2 unspecified atom stereocenters. The molecule has 3 nitrogen and oxygen atoms in total. The van der Waals surface area contributed by atoms with E-state index in [9.17, 15) is 0 Å². The lowest BCUT2D eigenvalue weighted by Gasteiger charge is -2.22. The molecule has 1 saturated carbocycles. The summed E-state index contributed by atoms with van der Waals surface area (Å²) in [5, 5.41) is 3.45. The number of nitrogens with zero attached hydrogens (tertiary/aromatic N) is 2. The zero-order valence-electron chi connectivity index (χ0n) is 9.62. The first-order chi connectivity index (χ1) is 7.75. The highest BCUT2D eigenvalue weighted by molar-refractivity contribution is 9.10. The third kappa shape index (κ3) is 3.17. The molecule has 1 heterocycles. The van der Waals surface area contributed by atoms with Gasteiger partial charge in [0.25, 0.3) is 0 Å². The van der Waals surface area contributed by atoms with Crippen LogP contribution in [0.1, 0.15) is 39.0 Å². The van der Waals surface area contributed by atoms with Gasteiger partial charge in [0.1, 0.15) is 0 Å². The molecule has 2 rings (SSSR count). The third-order valence-electron chi connectivity index (χ3n) is 3.30. The van der Waals surface area contributed by atoms with Gasteiger partial charge in [0.05, 0.1) is 4.47 Å². The van der Waals surface area contributed by atoms with E-state index in [0.717, 1.165) is 16.3 Å². The number of nitrogens with one attached hydrogen (secondary N) is 1. The molecule has 1 fully saturated rings. The maximum atomic E-state index is 4.27. The smallest absolute Gasteiger partial charge is 0.222 e. The Morgan fingerprint density at radius 2 is 1.88 bits per heavy atom. The Bertz CT molecular complexity index is 326. The van der Waals surface area contributed by atoms with E-state index in [-0.39, 0.29) is 0 Å². The van der Waals surface area contributed by atoms with E-state index in [0.29, 0.717) is 6.04 Å². The molecule has 16 heavy (non-hydrogen) atoms. The molecule has 1 aromatic rings. The van der Waals surface area contributed by atoms with Gasteiger partial charge in [-0.1, -0.05) is 26.2 Å². The quantitative estimate of drug-likeness (QED) is 0.843. The third-order valence-corrected chi connectivity index (χ3v) is 3.71. The van der Waals surface area contributed by atoms with Crippen molar-refractivity contribution in [2.24, 2.45) is 5.92 Å². The van der Waals surface area contributed by atoms with Gasteiger partial charge in [-0.15, -0.1) is 0 Å². The van der Waals surface area contributed by atoms with Gasteiger partial charge in [0.15, 0.2) is 0 Å². The normalized spacial score (nSPS) is 26.1. The highest BCUT2D eigenvalue weighted by atomic mass is 79.9. The van der Waals surface area contributed by atoms with Crippen molar-refractivity contribution in [2.45, 2.75) is 45.1 Å². The first-order valence-corrected chi connectivity index (χ1v) is 6.79. The van der Waals surface area contributed by atoms with Gasteiger partial charge in [-0.2, -0.15) is 0 Å². The van der Waals surface area contributed by atoms with Crippen molar-refractivity contribution in [1.29, 1.82) is 0 Å².